The van der Waals surface area contributed by atoms with Gasteiger partial charge in [0.15, 0.2) is 0 Å². The van der Waals surface area contributed by atoms with E-state index in [1.54, 1.807) is 23.3 Å². The van der Waals surface area contributed by atoms with Crippen LogP contribution in [0.15, 0.2) is 39.1 Å². The van der Waals surface area contributed by atoms with E-state index in [2.05, 4.69) is 34.5 Å². The topological polar surface area (TPSA) is 66.7 Å². The fourth-order valence-corrected chi connectivity index (χ4v) is 5.79. The maximum atomic E-state index is 13.3. The van der Waals surface area contributed by atoms with E-state index in [4.69, 9.17) is 0 Å². The van der Waals surface area contributed by atoms with Crippen LogP contribution in [0.4, 0.5) is 5.69 Å². The lowest BCUT2D eigenvalue weighted by atomic mass is 10.2. The summed E-state index contributed by atoms with van der Waals surface area (Å²) in [5.74, 6) is -0.244. The SMILES string of the molecule is CCCCn1c(=C2C(=O)NN=C2C)sc(=C2Sc3ccccc3N2C)c1=O. The van der Waals surface area contributed by atoms with Crippen molar-refractivity contribution in [2.24, 2.45) is 5.10 Å². The molecule has 6 nitrogen and oxygen atoms in total. The van der Waals surface area contributed by atoms with Gasteiger partial charge in [-0.1, -0.05) is 37.2 Å². The molecule has 4 rings (SSSR count). The smallest absolute Gasteiger partial charge is 0.276 e. The first-order valence-electron chi connectivity index (χ1n) is 8.86. The summed E-state index contributed by atoms with van der Waals surface area (Å²) in [6.07, 6.45) is 1.86. The Morgan fingerprint density at radius 3 is 2.67 bits per heavy atom. The largest absolute Gasteiger partial charge is 0.337 e. The molecule has 0 spiro atoms. The summed E-state index contributed by atoms with van der Waals surface area (Å²) in [4.78, 5) is 28.8. The molecule has 0 atom stereocenters. The van der Waals surface area contributed by atoms with Gasteiger partial charge >= 0.3 is 0 Å². The molecule has 2 aromatic rings. The lowest BCUT2D eigenvalue weighted by Crippen LogP contribution is -2.35. The number of aromatic nitrogens is 1. The van der Waals surface area contributed by atoms with Gasteiger partial charge in [-0.2, -0.15) is 5.10 Å². The van der Waals surface area contributed by atoms with Crippen molar-refractivity contribution in [1.82, 2.24) is 9.99 Å². The normalized spacial score (nSPS) is 20.0. The van der Waals surface area contributed by atoms with Crippen molar-refractivity contribution in [3.05, 3.63) is 43.8 Å². The number of hydrogen-bond acceptors (Lipinski definition) is 6. The first-order valence-corrected chi connectivity index (χ1v) is 10.5. The molecule has 1 aromatic heterocycles. The van der Waals surface area contributed by atoms with Crippen LogP contribution in [0.25, 0.3) is 10.6 Å². The Bertz CT molecular complexity index is 1140. The number of thioether (sulfide) groups is 1. The highest BCUT2D eigenvalue weighted by Gasteiger charge is 2.27. The van der Waals surface area contributed by atoms with E-state index in [0.29, 0.717) is 27.0 Å². The summed E-state index contributed by atoms with van der Waals surface area (Å²) in [5.41, 5.74) is 4.69. The molecule has 0 aliphatic carbocycles. The molecule has 2 aliphatic rings. The number of amides is 1. The van der Waals surface area contributed by atoms with Crippen molar-refractivity contribution in [2.75, 3.05) is 11.9 Å². The third-order valence-electron chi connectivity index (χ3n) is 4.68. The van der Waals surface area contributed by atoms with E-state index in [-0.39, 0.29) is 11.5 Å². The summed E-state index contributed by atoms with van der Waals surface area (Å²) in [5, 5.41) is 4.94. The van der Waals surface area contributed by atoms with Crippen molar-refractivity contribution < 1.29 is 4.79 Å². The van der Waals surface area contributed by atoms with Crippen LogP contribution in [-0.2, 0) is 11.3 Å². The zero-order chi connectivity index (χ0) is 19.1. The fraction of sp³-hybridized carbons (Fsp3) is 0.316. The van der Waals surface area contributed by atoms with Crippen molar-refractivity contribution in [3.63, 3.8) is 0 Å². The first kappa shape index (κ1) is 18.1. The van der Waals surface area contributed by atoms with Crippen LogP contribution >= 0.6 is 23.1 Å². The number of para-hydroxylation sites is 1. The number of unbranched alkanes of at least 4 members (excludes halogenated alkanes) is 1. The maximum absolute atomic E-state index is 13.3. The molecule has 140 valence electrons. The summed E-state index contributed by atoms with van der Waals surface area (Å²) in [6, 6.07) is 8.11. The minimum absolute atomic E-state index is 0.0365. The van der Waals surface area contributed by atoms with Crippen molar-refractivity contribution in [3.8, 4) is 0 Å². The van der Waals surface area contributed by atoms with E-state index < -0.39 is 0 Å². The number of hydrazone groups is 1. The summed E-state index contributed by atoms with van der Waals surface area (Å²) in [7, 11) is 1.98. The predicted molar refractivity (Wildman–Crippen MR) is 112 cm³/mol. The van der Waals surface area contributed by atoms with Crippen molar-refractivity contribution >= 4 is 51.0 Å². The molecule has 0 fully saturated rings. The van der Waals surface area contributed by atoms with Gasteiger partial charge in [-0.15, -0.1) is 11.3 Å². The number of nitrogens with one attached hydrogen (secondary N) is 1. The summed E-state index contributed by atoms with van der Waals surface area (Å²) >= 11 is 2.99. The lowest BCUT2D eigenvalue weighted by Gasteiger charge is -2.11. The van der Waals surface area contributed by atoms with Gasteiger partial charge in [0.1, 0.15) is 14.2 Å². The van der Waals surface area contributed by atoms with Crippen molar-refractivity contribution in [2.45, 2.75) is 38.1 Å². The highest BCUT2D eigenvalue weighted by Crippen LogP contribution is 2.44. The molecular formula is C19H20N4O2S2. The zero-order valence-corrected chi connectivity index (χ0v) is 17.0. The Morgan fingerprint density at radius 2 is 2.00 bits per heavy atom. The fourth-order valence-electron chi connectivity index (χ4n) is 3.21. The van der Waals surface area contributed by atoms with Crippen LogP contribution in [0, 0.1) is 0 Å². The number of thiazole rings is 1. The molecule has 8 heteroatoms. The van der Waals surface area contributed by atoms with Crippen molar-refractivity contribution in [1.29, 1.82) is 0 Å². The van der Waals surface area contributed by atoms with E-state index in [1.165, 1.54) is 11.3 Å². The summed E-state index contributed by atoms with van der Waals surface area (Å²) < 4.78 is 3.11. The molecule has 0 unspecified atom stereocenters. The number of benzene rings is 1. The lowest BCUT2D eigenvalue weighted by molar-refractivity contribution is -0.115. The second-order valence-electron chi connectivity index (χ2n) is 6.49. The number of carbonyl (C=O) groups is 1. The average Bonchev–Trinajstić information content (AvgIpc) is 3.28. The highest BCUT2D eigenvalue weighted by atomic mass is 32.2. The van der Waals surface area contributed by atoms with E-state index in [0.717, 1.165) is 28.5 Å². The van der Waals surface area contributed by atoms with Gasteiger partial charge in [-0.25, -0.2) is 5.43 Å². The van der Waals surface area contributed by atoms with Crippen LogP contribution in [0.2, 0.25) is 0 Å². The van der Waals surface area contributed by atoms with Gasteiger partial charge in [-0.05, 0) is 25.5 Å². The monoisotopic (exact) mass is 400 g/mol. The Kier molecular flexibility index (Phi) is 4.69. The molecule has 3 heterocycles. The Balaban J connectivity index is 2.01. The Morgan fingerprint density at radius 1 is 1.22 bits per heavy atom. The third-order valence-corrected chi connectivity index (χ3v) is 7.23. The van der Waals surface area contributed by atoms with Gasteiger partial charge in [0.25, 0.3) is 11.5 Å². The van der Waals surface area contributed by atoms with Crippen LogP contribution in [0.5, 0.6) is 0 Å². The van der Waals surface area contributed by atoms with E-state index >= 15 is 0 Å². The third kappa shape index (κ3) is 2.93. The molecule has 0 radical (unpaired) electrons. The predicted octanol–water partition coefficient (Wildman–Crippen LogP) is 1.67. The minimum atomic E-state index is -0.244. The molecule has 0 saturated heterocycles. The Hall–Kier alpha value is -2.32. The zero-order valence-electron chi connectivity index (χ0n) is 15.4. The van der Waals surface area contributed by atoms with E-state index in [1.807, 2.05) is 19.2 Å². The standard InChI is InChI=1S/C19H20N4O2S2/c1-4-5-10-23-17(25)15(27-18(23)14-11(2)20-21-16(14)24)19-22(3)12-8-6-7-9-13(12)26-19/h6-9H,4-5,10H2,1-3H3,(H,21,24). The quantitative estimate of drug-likeness (QED) is 0.851. The molecule has 1 amide bonds. The second kappa shape index (κ2) is 7.01. The molecule has 1 N–H and O–H groups in total. The van der Waals surface area contributed by atoms with Gasteiger partial charge in [0.2, 0.25) is 0 Å². The van der Waals surface area contributed by atoms with Crippen LogP contribution < -0.4 is 25.1 Å². The van der Waals surface area contributed by atoms with Gasteiger partial charge in [0.05, 0.1) is 17.0 Å². The van der Waals surface area contributed by atoms with E-state index in [9.17, 15) is 9.59 Å². The molecule has 1 aromatic carbocycles. The number of carbonyl (C=O) groups excluding carboxylic acids is 1. The number of anilines is 1. The molecule has 2 aliphatic heterocycles. The van der Waals surface area contributed by atoms with Gasteiger partial charge < -0.3 is 4.90 Å². The summed E-state index contributed by atoms with van der Waals surface area (Å²) in [6.45, 7) is 4.48. The molecule has 27 heavy (non-hydrogen) atoms. The van der Waals surface area contributed by atoms with Gasteiger partial charge in [-0.3, -0.25) is 14.2 Å². The van der Waals surface area contributed by atoms with Crippen LogP contribution in [-0.4, -0.2) is 23.2 Å². The number of hydrogen-bond donors (Lipinski definition) is 1. The highest BCUT2D eigenvalue weighted by molar-refractivity contribution is 8.08. The Labute approximate surface area is 164 Å². The first-order chi connectivity index (χ1) is 13.0. The molecule has 0 bridgehead atoms. The minimum Gasteiger partial charge on any atom is -0.337 e. The molecule has 0 saturated carbocycles. The second-order valence-corrected chi connectivity index (χ2v) is 8.52. The maximum Gasteiger partial charge on any atom is 0.276 e. The molecular weight excluding hydrogens is 380 g/mol. The van der Waals surface area contributed by atoms with Crippen LogP contribution in [0.1, 0.15) is 26.7 Å². The number of nitrogens with zero attached hydrogens (tertiary/aromatic N) is 3. The number of fused-ring (bicyclic) bond motifs is 1. The average molecular weight is 401 g/mol. The number of rotatable bonds is 3. The van der Waals surface area contributed by atoms with Gasteiger partial charge in [0, 0.05) is 18.5 Å². The van der Waals surface area contributed by atoms with Crippen LogP contribution in [0.3, 0.4) is 0 Å².